The summed E-state index contributed by atoms with van der Waals surface area (Å²) in [6.45, 7) is 0.910. The van der Waals surface area contributed by atoms with E-state index in [2.05, 4.69) is 27.0 Å². The number of hydrogen-bond acceptors (Lipinski definition) is 3. The summed E-state index contributed by atoms with van der Waals surface area (Å²) in [7, 11) is 0. The molecule has 2 heterocycles. The first kappa shape index (κ1) is 13.0. The van der Waals surface area contributed by atoms with E-state index in [1.54, 1.807) is 11.8 Å². The summed E-state index contributed by atoms with van der Waals surface area (Å²) in [4.78, 5) is 22.1. The smallest absolute Gasteiger partial charge is 0.236 e. The Morgan fingerprint density at radius 2 is 2.00 bits per heavy atom. The molecule has 4 rings (SSSR count). The summed E-state index contributed by atoms with van der Waals surface area (Å²) in [5.41, 5.74) is 2.12. The average molecular weight is 299 g/mol. The van der Waals surface area contributed by atoms with E-state index in [0.717, 1.165) is 29.4 Å². The second-order valence-electron chi connectivity index (χ2n) is 5.63. The van der Waals surface area contributed by atoms with E-state index >= 15 is 0 Å². The Hall–Kier alpha value is -1.75. The van der Waals surface area contributed by atoms with Gasteiger partial charge in [0.05, 0.1) is 17.1 Å². The number of hydrogen-bond donors (Lipinski definition) is 1. The molecule has 2 fully saturated rings. The molecule has 1 N–H and O–H groups in total. The Morgan fingerprint density at radius 3 is 2.76 bits per heavy atom. The van der Waals surface area contributed by atoms with Gasteiger partial charge in [-0.15, -0.1) is 0 Å². The Bertz CT molecular complexity index is 651. The van der Waals surface area contributed by atoms with Crippen LogP contribution < -0.4 is 0 Å². The van der Waals surface area contributed by atoms with Gasteiger partial charge in [-0.25, -0.2) is 4.98 Å². The first-order valence-corrected chi connectivity index (χ1v) is 8.27. The molecule has 1 aromatic heterocycles. The molecule has 1 amide bonds. The number of thioether (sulfide) groups is 1. The minimum Gasteiger partial charge on any atom is -0.339 e. The number of carbonyl (C=O) groups excluding carboxylic acids is 1. The van der Waals surface area contributed by atoms with Crippen LogP contribution in [-0.2, 0) is 4.79 Å². The van der Waals surface area contributed by atoms with Gasteiger partial charge in [0, 0.05) is 12.6 Å². The van der Waals surface area contributed by atoms with Crippen LogP contribution in [0.4, 0.5) is 0 Å². The Kier molecular flexibility index (Phi) is 3.22. The predicted octanol–water partition coefficient (Wildman–Crippen LogP) is 2.93. The molecular formula is C16H17N3OS. The topological polar surface area (TPSA) is 49.0 Å². The van der Waals surface area contributed by atoms with E-state index in [4.69, 9.17) is 0 Å². The number of nitrogens with zero attached hydrogens (tertiary/aromatic N) is 2. The highest BCUT2D eigenvalue weighted by atomic mass is 32.2. The molecular weight excluding hydrogens is 282 g/mol. The molecule has 1 aromatic carbocycles. The van der Waals surface area contributed by atoms with Gasteiger partial charge < -0.3 is 9.88 Å². The lowest BCUT2D eigenvalue weighted by Crippen LogP contribution is -2.30. The van der Waals surface area contributed by atoms with Gasteiger partial charge in [0.2, 0.25) is 5.91 Å². The van der Waals surface area contributed by atoms with Crippen LogP contribution in [0.2, 0.25) is 0 Å². The maximum atomic E-state index is 12.3. The van der Waals surface area contributed by atoms with Crippen molar-refractivity contribution in [3.8, 4) is 11.3 Å². The van der Waals surface area contributed by atoms with Gasteiger partial charge in [-0.1, -0.05) is 42.1 Å². The molecule has 1 saturated carbocycles. The quantitative estimate of drug-likeness (QED) is 0.944. The fourth-order valence-corrected chi connectivity index (χ4v) is 3.81. The zero-order chi connectivity index (χ0) is 14.2. The maximum absolute atomic E-state index is 12.3. The van der Waals surface area contributed by atoms with Gasteiger partial charge in [0.1, 0.15) is 0 Å². The lowest BCUT2D eigenvalue weighted by molar-refractivity contribution is -0.127. The normalized spacial score (nSPS) is 22.0. The second-order valence-corrected chi connectivity index (χ2v) is 6.82. The Morgan fingerprint density at radius 1 is 1.19 bits per heavy atom. The van der Waals surface area contributed by atoms with Crippen molar-refractivity contribution in [2.45, 2.75) is 35.7 Å². The van der Waals surface area contributed by atoms with Crippen LogP contribution >= 0.6 is 11.8 Å². The van der Waals surface area contributed by atoms with Gasteiger partial charge >= 0.3 is 0 Å². The molecule has 1 atom stereocenters. The lowest BCUT2D eigenvalue weighted by Gasteiger charge is -2.14. The highest BCUT2D eigenvalue weighted by Gasteiger charge is 2.41. The summed E-state index contributed by atoms with van der Waals surface area (Å²) in [5.74, 6) is 0.292. The van der Waals surface area contributed by atoms with Gasteiger partial charge in [-0.05, 0) is 24.8 Å². The van der Waals surface area contributed by atoms with Crippen molar-refractivity contribution in [2.75, 3.05) is 6.54 Å². The molecule has 0 unspecified atom stereocenters. The third-order valence-electron chi connectivity index (χ3n) is 4.07. The molecule has 1 saturated heterocycles. The average Bonchev–Trinajstić information content (AvgIpc) is 3.14. The fourth-order valence-electron chi connectivity index (χ4n) is 2.80. The number of nitrogens with one attached hydrogen (secondary N) is 1. The standard InChI is InChI=1S/C16H17N3OS/c20-15-14(8-9-19(15)12-6-7-12)21-16-17-10-13(18-16)11-4-2-1-3-5-11/h1-5,10,12,14H,6-9H2,(H,17,18)/t14-/m1/s1. The zero-order valence-electron chi connectivity index (χ0n) is 11.7. The molecule has 21 heavy (non-hydrogen) atoms. The lowest BCUT2D eigenvalue weighted by atomic mass is 10.2. The highest BCUT2D eigenvalue weighted by molar-refractivity contribution is 8.00. The SMILES string of the molecule is O=C1[C@H](Sc2ncc(-c3ccccc3)[nH]2)CCN1C1CC1. The van der Waals surface area contributed by atoms with Crippen molar-refractivity contribution in [3.63, 3.8) is 0 Å². The molecule has 5 heteroatoms. The van der Waals surface area contributed by atoms with Crippen molar-refractivity contribution < 1.29 is 4.79 Å². The number of imidazole rings is 1. The second kappa shape index (κ2) is 5.22. The van der Waals surface area contributed by atoms with E-state index in [-0.39, 0.29) is 5.25 Å². The third-order valence-corrected chi connectivity index (χ3v) is 5.22. The van der Waals surface area contributed by atoms with E-state index in [1.165, 1.54) is 12.8 Å². The van der Waals surface area contributed by atoms with E-state index in [9.17, 15) is 4.79 Å². The first-order valence-electron chi connectivity index (χ1n) is 7.39. The van der Waals surface area contributed by atoms with Gasteiger partial charge in [0.25, 0.3) is 0 Å². The number of rotatable bonds is 4. The van der Waals surface area contributed by atoms with Crippen LogP contribution in [0.25, 0.3) is 11.3 Å². The van der Waals surface area contributed by atoms with Gasteiger partial charge in [-0.3, -0.25) is 4.79 Å². The van der Waals surface area contributed by atoms with Crippen LogP contribution in [0, 0.1) is 0 Å². The van der Waals surface area contributed by atoms with E-state index in [1.807, 2.05) is 24.4 Å². The number of benzene rings is 1. The summed E-state index contributed by atoms with van der Waals surface area (Å²) < 4.78 is 0. The van der Waals surface area contributed by atoms with Crippen molar-refractivity contribution in [1.82, 2.24) is 14.9 Å². The maximum Gasteiger partial charge on any atom is 0.236 e. The number of aromatic amines is 1. The van der Waals surface area contributed by atoms with Crippen LogP contribution in [0.3, 0.4) is 0 Å². The van der Waals surface area contributed by atoms with Gasteiger partial charge in [-0.2, -0.15) is 0 Å². The molecule has 1 aliphatic carbocycles. The predicted molar refractivity (Wildman–Crippen MR) is 83.0 cm³/mol. The number of H-pyrrole nitrogens is 1. The van der Waals surface area contributed by atoms with Crippen molar-refractivity contribution in [2.24, 2.45) is 0 Å². The van der Waals surface area contributed by atoms with Crippen molar-refractivity contribution in [3.05, 3.63) is 36.5 Å². The van der Waals surface area contributed by atoms with Crippen molar-refractivity contribution in [1.29, 1.82) is 0 Å². The molecule has 0 spiro atoms. The summed E-state index contributed by atoms with van der Waals surface area (Å²) in [5, 5.41) is 0.866. The minimum atomic E-state index is 0.0281. The van der Waals surface area contributed by atoms with Crippen LogP contribution in [0.5, 0.6) is 0 Å². The molecule has 4 nitrogen and oxygen atoms in total. The molecule has 2 aliphatic rings. The summed E-state index contributed by atoms with van der Waals surface area (Å²) in [6, 6.07) is 10.7. The number of carbonyl (C=O) groups is 1. The monoisotopic (exact) mass is 299 g/mol. The molecule has 1 aliphatic heterocycles. The van der Waals surface area contributed by atoms with E-state index < -0.39 is 0 Å². The Labute approximate surface area is 128 Å². The molecule has 0 radical (unpaired) electrons. The van der Waals surface area contributed by atoms with Gasteiger partial charge in [0.15, 0.2) is 5.16 Å². The number of amides is 1. The van der Waals surface area contributed by atoms with E-state index in [0.29, 0.717) is 11.9 Å². The molecule has 2 aromatic rings. The van der Waals surface area contributed by atoms with Crippen LogP contribution in [0.15, 0.2) is 41.7 Å². The zero-order valence-corrected chi connectivity index (χ0v) is 12.5. The third kappa shape index (κ3) is 2.58. The Balaban J connectivity index is 1.46. The minimum absolute atomic E-state index is 0.0281. The fraction of sp³-hybridized carbons (Fsp3) is 0.375. The summed E-state index contributed by atoms with van der Waals surface area (Å²) in [6.07, 6.45) is 5.14. The molecule has 108 valence electrons. The number of likely N-dealkylation sites (tertiary alicyclic amines) is 1. The van der Waals surface area contributed by atoms with Crippen LogP contribution in [-0.4, -0.2) is 38.6 Å². The summed E-state index contributed by atoms with van der Waals surface area (Å²) >= 11 is 1.57. The van der Waals surface area contributed by atoms with Crippen molar-refractivity contribution >= 4 is 17.7 Å². The molecule has 0 bridgehead atoms. The van der Waals surface area contributed by atoms with Crippen LogP contribution in [0.1, 0.15) is 19.3 Å². The number of aromatic nitrogens is 2. The highest BCUT2D eigenvalue weighted by Crippen LogP contribution is 2.36. The first-order chi connectivity index (χ1) is 10.3. The largest absolute Gasteiger partial charge is 0.339 e.